The van der Waals surface area contributed by atoms with Crippen LogP contribution in [-0.4, -0.2) is 0 Å². The Balaban J connectivity index is 2.17. The van der Waals surface area contributed by atoms with E-state index in [1.54, 1.807) is 0 Å². The molecule has 0 aromatic heterocycles. The summed E-state index contributed by atoms with van der Waals surface area (Å²) >= 11 is 0. The summed E-state index contributed by atoms with van der Waals surface area (Å²) in [7, 11) is 0. The lowest BCUT2D eigenvalue weighted by atomic mass is 10.1. The van der Waals surface area contributed by atoms with E-state index in [0.717, 1.165) is 24.3 Å². The van der Waals surface area contributed by atoms with Crippen molar-refractivity contribution in [1.29, 1.82) is 0 Å². The van der Waals surface area contributed by atoms with E-state index in [1.165, 1.54) is 11.1 Å². The molecule has 0 bridgehead atoms. The van der Waals surface area contributed by atoms with Crippen LogP contribution in [0.25, 0.3) is 0 Å². The number of allylic oxidation sites excluding steroid dienone is 4. The second-order valence-electron chi connectivity index (χ2n) is 3.76. The average Bonchev–Trinajstić information content (AvgIpc) is 2.20. The van der Waals surface area contributed by atoms with Crippen LogP contribution in [0.2, 0.25) is 0 Å². The Morgan fingerprint density at radius 1 is 1.29 bits per heavy atom. The zero-order valence-electron chi connectivity index (χ0n) is 8.63. The highest BCUT2D eigenvalue weighted by atomic mass is 16.5. The summed E-state index contributed by atoms with van der Waals surface area (Å²) < 4.78 is 5.54. The van der Waals surface area contributed by atoms with E-state index in [4.69, 9.17) is 4.74 Å². The smallest absolute Gasteiger partial charge is 0.146 e. The molecule has 2 aliphatic rings. The van der Waals surface area contributed by atoms with Gasteiger partial charge in [0, 0.05) is 0 Å². The van der Waals surface area contributed by atoms with Crippen LogP contribution in [0.5, 0.6) is 0 Å². The molecule has 0 amide bonds. The Morgan fingerprint density at radius 2 is 2.14 bits per heavy atom. The molecule has 1 N–H and O–H groups in total. The molecule has 0 aromatic rings. The summed E-state index contributed by atoms with van der Waals surface area (Å²) in [6.45, 7) is 4.20. The van der Waals surface area contributed by atoms with Gasteiger partial charge in [-0.15, -0.1) is 0 Å². The van der Waals surface area contributed by atoms with Gasteiger partial charge < -0.3 is 10.1 Å². The van der Waals surface area contributed by atoms with Crippen LogP contribution in [0, 0.1) is 0 Å². The highest BCUT2D eigenvalue weighted by molar-refractivity contribution is 5.36. The minimum atomic E-state index is 0.956. The van der Waals surface area contributed by atoms with Crippen molar-refractivity contribution in [3.05, 3.63) is 47.2 Å². The fraction of sp³-hybridized carbons (Fsp3) is 0.333. The van der Waals surface area contributed by atoms with Crippen LogP contribution >= 0.6 is 0 Å². The molecule has 2 heterocycles. The molecule has 0 aliphatic carbocycles. The highest BCUT2D eigenvalue weighted by Gasteiger charge is 2.13. The average molecular weight is 189 g/mol. The summed E-state index contributed by atoms with van der Waals surface area (Å²) in [5, 5.41) is 3.23. The first kappa shape index (κ1) is 9.13. The number of hydrogen-bond donors (Lipinski definition) is 1. The van der Waals surface area contributed by atoms with E-state index in [1.807, 2.05) is 12.5 Å². The van der Waals surface area contributed by atoms with Crippen molar-refractivity contribution in [2.75, 3.05) is 0 Å². The molecule has 2 heteroatoms. The van der Waals surface area contributed by atoms with Gasteiger partial charge in [0.15, 0.2) is 0 Å². The second kappa shape index (κ2) is 3.74. The quantitative estimate of drug-likeness (QED) is 0.684. The molecule has 0 aromatic carbocycles. The summed E-state index contributed by atoms with van der Waals surface area (Å²) in [5.74, 6) is 0.956. The molecule has 2 nitrogen and oxygen atoms in total. The number of ether oxygens (including phenoxy) is 1. The molecular weight excluding hydrogens is 174 g/mol. The Kier molecular flexibility index (Phi) is 2.44. The van der Waals surface area contributed by atoms with Crippen molar-refractivity contribution in [3.8, 4) is 0 Å². The largest absolute Gasteiger partial charge is 0.463 e. The molecule has 2 rings (SSSR count). The van der Waals surface area contributed by atoms with Gasteiger partial charge in [-0.05, 0) is 50.1 Å². The van der Waals surface area contributed by atoms with Crippen LogP contribution in [-0.2, 0) is 4.74 Å². The van der Waals surface area contributed by atoms with Gasteiger partial charge in [-0.3, -0.25) is 0 Å². The fourth-order valence-corrected chi connectivity index (χ4v) is 1.56. The van der Waals surface area contributed by atoms with Gasteiger partial charge in [-0.1, -0.05) is 6.08 Å². The van der Waals surface area contributed by atoms with Gasteiger partial charge in [0.1, 0.15) is 5.76 Å². The molecule has 2 aliphatic heterocycles. The maximum Gasteiger partial charge on any atom is 0.146 e. The molecule has 0 spiro atoms. The van der Waals surface area contributed by atoms with Crippen molar-refractivity contribution in [2.45, 2.75) is 26.7 Å². The third-order valence-corrected chi connectivity index (χ3v) is 2.44. The first-order chi connectivity index (χ1) is 6.77. The van der Waals surface area contributed by atoms with Gasteiger partial charge >= 0.3 is 0 Å². The minimum absolute atomic E-state index is 0.956. The Bertz CT molecular complexity index is 359. The van der Waals surface area contributed by atoms with E-state index in [2.05, 4.69) is 31.3 Å². The van der Waals surface area contributed by atoms with E-state index in [0.29, 0.717) is 0 Å². The maximum atomic E-state index is 5.54. The van der Waals surface area contributed by atoms with Crippen molar-refractivity contribution in [3.63, 3.8) is 0 Å². The minimum Gasteiger partial charge on any atom is -0.463 e. The highest BCUT2D eigenvalue weighted by Crippen LogP contribution is 2.24. The lowest BCUT2D eigenvalue weighted by Crippen LogP contribution is -2.15. The zero-order chi connectivity index (χ0) is 9.97. The lowest BCUT2D eigenvalue weighted by Gasteiger charge is -2.20. The van der Waals surface area contributed by atoms with Crippen molar-refractivity contribution >= 4 is 0 Å². The molecule has 0 saturated heterocycles. The summed E-state index contributed by atoms with van der Waals surface area (Å²) in [6.07, 6.45) is 10.0. The maximum absolute atomic E-state index is 5.54. The number of rotatable bonds is 1. The Morgan fingerprint density at radius 3 is 2.79 bits per heavy atom. The van der Waals surface area contributed by atoms with Crippen LogP contribution in [0.3, 0.4) is 0 Å². The van der Waals surface area contributed by atoms with Gasteiger partial charge in [-0.2, -0.15) is 0 Å². The van der Waals surface area contributed by atoms with E-state index in [9.17, 15) is 0 Å². The summed E-state index contributed by atoms with van der Waals surface area (Å²) in [4.78, 5) is 0. The fourth-order valence-electron chi connectivity index (χ4n) is 1.56. The third kappa shape index (κ3) is 1.74. The van der Waals surface area contributed by atoms with Crippen molar-refractivity contribution < 1.29 is 4.74 Å². The van der Waals surface area contributed by atoms with E-state index < -0.39 is 0 Å². The summed E-state index contributed by atoms with van der Waals surface area (Å²) in [6, 6.07) is 0. The van der Waals surface area contributed by atoms with Crippen LogP contribution in [0.15, 0.2) is 47.2 Å². The lowest BCUT2D eigenvalue weighted by molar-refractivity contribution is 0.341. The number of dihydropyridines is 1. The van der Waals surface area contributed by atoms with Crippen LogP contribution in [0.1, 0.15) is 26.7 Å². The summed E-state index contributed by atoms with van der Waals surface area (Å²) in [5.41, 5.74) is 3.71. The monoisotopic (exact) mass is 189 g/mol. The predicted octanol–water partition coefficient (Wildman–Crippen LogP) is 2.98. The van der Waals surface area contributed by atoms with Gasteiger partial charge in [-0.25, -0.2) is 0 Å². The first-order valence-electron chi connectivity index (χ1n) is 4.91. The van der Waals surface area contributed by atoms with Gasteiger partial charge in [0.25, 0.3) is 0 Å². The van der Waals surface area contributed by atoms with Crippen LogP contribution in [0.4, 0.5) is 0 Å². The molecule has 14 heavy (non-hydrogen) atoms. The molecule has 0 saturated carbocycles. The third-order valence-electron chi connectivity index (χ3n) is 2.44. The second-order valence-corrected chi connectivity index (χ2v) is 3.76. The van der Waals surface area contributed by atoms with Crippen molar-refractivity contribution in [2.24, 2.45) is 0 Å². The van der Waals surface area contributed by atoms with E-state index >= 15 is 0 Å². The van der Waals surface area contributed by atoms with Gasteiger partial charge in [0.2, 0.25) is 0 Å². The standard InChI is InChI=1S/C12H15NO/c1-9-5-6-11(14-8-9)12-10(2)4-3-7-13-12/h3,6-8,13H,4-5H2,1-2H3. The molecule has 0 radical (unpaired) electrons. The van der Waals surface area contributed by atoms with Crippen molar-refractivity contribution in [1.82, 2.24) is 5.32 Å². The zero-order valence-corrected chi connectivity index (χ0v) is 8.63. The molecule has 74 valence electrons. The van der Waals surface area contributed by atoms with E-state index in [-0.39, 0.29) is 0 Å². The topological polar surface area (TPSA) is 21.3 Å². The number of hydrogen-bond acceptors (Lipinski definition) is 2. The normalized spacial score (nSPS) is 21.0. The number of nitrogens with one attached hydrogen (secondary N) is 1. The SMILES string of the molecule is CC1=COC(C2=C(C)CC=CN2)=CC1. The van der Waals surface area contributed by atoms with Crippen LogP contribution < -0.4 is 5.32 Å². The molecule has 0 atom stereocenters. The molecule has 0 fully saturated rings. The Labute approximate surface area is 84.6 Å². The molecule has 0 unspecified atom stereocenters. The Hall–Kier alpha value is -1.44. The predicted molar refractivity (Wildman–Crippen MR) is 57.1 cm³/mol. The first-order valence-corrected chi connectivity index (χ1v) is 4.91. The van der Waals surface area contributed by atoms with Gasteiger partial charge in [0.05, 0.1) is 12.0 Å². The molecular formula is C12H15NO.